The van der Waals surface area contributed by atoms with Crippen LogP contribution in [0.1, 0.15) is 11.1 Å². The molecule has 5 rings (SSSR count). The second kappa shape index (κ2) is 12.2. The number of hydrogen-bond acceptors (Lipinski definition) is 7. The molecule has 0 amide bonds. The minimum Gasteiger partial charge on any atom is -0.413 e. The zero-order valence-corrected chi connectivity index (χ0v) is 22.4. The summed E-state index contributed by atoms with van der Waals surface area (Å²) in [6.45, 7) is 0. The lowest BCUT2D eigenvalue weighted by atomic mass is 10.2. The monoisotopic (exact) mass is 546 g/mol. The predicted octanol–water partition coefficient (Wildman–Crippen LogP) is 7.33. The van der Waals surface area contributed by atoms with Crippen molar-refractivity contribution in [3.8, 4) is 11.5 Å². The Morgan fingerprint density at radius 3 is 1.32 bits per heavy atom. The van der Waals surface area contributed by atoms with Gasteiger partial charge in [0.05, 0.1) is 16.7 Å². The van der Waals surface area contributed by atoms with Crippen LogP contribution in [-0.4, -0.2) is 12.4 Å². The molecule has 0 radical (unpaired) electrons. The van der Waals surface area contributed by atoms with E-state index in [1.807, 2.05) is 54.6 Å². The second-order valence-electron chi connectivity index (χ2n) is 8.85. The van der Waals surface area contributed by atoms with Gasteiger partial charge in [0.15, 0.2) is 0 Å². The van der Waals surface area contributed by atoms with Gasteiger partial charge in [0.1, 0.15) is 11.5 Å². The molecule has 0 bridgehead atoms. The first-order valence-electron chi connectivity index (χ1n) is 12.5. The van der Waals surface area contributed by atoms with Crippen LogP contribution >= 0.6 is 7.60 Å². The molecule has 7 nitrogen and oxygen atoms in total. The molecule has 8 heteroatoms. The molecule has 198 valence electrons. The number of nitrogens with zero attached hydrogens (tertiary/aromatic N) is 2. The molecular formula is C32H27N4O3P. The Morgan fingerprint density at radius 2 is 0.925 bits per heavy atom. The molecule has 0 aliphatic rings. The number of hydrogen-bond donors (Lipinski definition) is 2. The largest absolute Gasteiger partial charge is 0.462 e. The van der Waals surface area contributed by atoms with E-state index in [0.717, 1.165) is 22.5 Å². The highest BCUT2D eigenvalue weighted by atomic mass is 31.2. The fraction of sp³-hybridized carbons (Fsp3) is 0. The van der Waals surface area contributed by atoms with Gasteiger partial charge in [-0.2, -0.15) is 0 Å². The summed E-state index contributed by atoms with van der Waals surface area (Å²) in [4.78, 5) is 8.90. The fourth-order valence-corrected chi connectivity index (χ4v) is 5.24. The lowest BCUT2D eigenvalue weighted by Crippen LogP contribution is -2.14. The second-order valence-corrected chi connectivity index (χ2v) is 10.7. The highest BCUT2D eigenvalue weighted by molar-refractivity contribution is 7.63. The Kier molecular flexibility index (Phi) is 8.05. The average molecular weight is 547 g/mol. The lowest BCUT2D eigenvalue weighted by Gasteiger charge is -2.20. The molecule has 5 aromatic rings. The maximum atomic E-state index is 14.1. The smallest absolute Gasteiger partial charge is 0.413 e. The van der Waals surface area contributed by atoms with Crippen molar-refractivity contribution >= 4 is 48.1 Å². The lowest BCUT2D eigenvalue weighted by molar-refractivity contribution is 0.399. The molecule has 0 saturated carbocycles. The summed E-state index contributed by atoms with van der Waals surface area (Å²) in [6.07, 6.45) is 3.47. The SMILES string of the molecule is Nc1ccc(N=Cc2ccc(OP(=O)(Oc3ccc(C=Nc4ccc(N)cc4)cc3)c3ccccc3)cc2)cc1. The Balaban J connectivity index is 1.31. The van der Waals surface area contributed by atoms with Gasteiger partial charge < -0.3 is 20.5 Å². The summed E-state index contributed by atoms with van der Waals surface area (Å²) in [6, 6.07) is 37.7. The third-order valence-corrected chi connectivity index (χ3v) is 7.63. The summed E-state index contributed by atoms with van der Waals surface area (Å²) in [5.74, 6) is 0.813. The van der Waals surface area contributed by atoms with Crippen molar-refractivity contribution in [3.05, 3.63) is 139 Å². The molecule has 0 aliphatic heterocycles. The van der Waals surface area contributed by atoms with Gasteiger partial charge in [-0.1, -0.05) is 18.2 Å². The zero-order valence-electron chi connectivity index (χ0n) is 21.5. The van der Waals surface area contributed by atoms with Crippen LogP contribution in [0.5, 0.6) is 11.5 Å². The van der Waals surface area contributed by atoms with Crippen molar-refractivity contribution in [1.29, 1.82) is 0 Å². The first-order chi connectivity index (χ1) is 19.4. The molecule has 0 spiro atoms. The van der Waals surface area contributed by atoms with Gasteiger partial charge in [-0.3, -0.25) is 9.98 Å². The third kappa shape index (κ3) is 7.04. The van der Waals surface area contributed by atoms with E-state index in [1.165, 1.54) is 0 Å². The van der Waals surface area contributed by atoms with Gasteiger partial charge in [0.2, 0.25) is 0 Å². The number of rotatable bonds is 9. The fourth-order valence-electron chi connectivity index (χ4n) is 3.66. The molecular weight excluding hydrogens is 519 g/mol. The van der Waals surface area contributed by atoms with E-state index in [4.69, 9.17) is 20.5 Å². The third-order valence-electron chi connectivity index (χ3n) is 5.80. The zero-order chi connectivity index (χ0) is 27.8. The van der Waals surface area contributed by atoms with Crippen molar-refractivity contribution in [3.63, 3.8) is 0 Å². The number of benzene rings is 5. The quantitative estimate of drug-likeness (QED) is 0.114. The molecule has 40 heavy (non-hydrogen) atoms. The van der Waals surface area contributed by atoms with Crippen molar-refractivity contribution in [2.24, 2.45) is 9.98 Å². The van der Waals surface area contributed by atoms with Crippen molar-refractivity contribution in [2.45, 2.75) is 0 Å². The van der Waals surface area contributed by atoms with E-state index < -0.39 is 7.60 Å². The molecule has 0 unspecified atom stereocenters. The highest BCUT2D eigenvalue weighted by Gasteiger charge is 2.31. The van der Waals surface area contributed by atoms with Gasteiger partial charge in [-0.05, 0) is 120 Å². The van der Waals surface area contributed by atoms with Crippen LogP contribution in [0.25, 0.3) is 0 Å². The first-order valence-corrected chi connectivity index (χ1v) is 14.0. The number of nitrogen functional groups attached to an aromatic ring is 2. The molecule has 0 aliphatic carbocycles. The highest BCUT2D eigenvalue weighted by Crippen LogP contribution is 2.47. The Labute approximate surface area is 233 Å². The van der Waals surface area contributed by atoms with Crippen LogP contribution in [0.3, 0.4) is 0 Å². The molecule has 4 N–H and O–H groups in total. The minimum atomic E-state index is -3.77. The Hall–Kier alpha value is -5.13. The van der Waals surface area contributed by atoms with Gasteiger partial charge in [0.25, 0.3) is 0 Å². The van der Waals surface area contributed by atoms with E-state index in [2.05, 4.69) is 9.98 Å². The molecule has 0 saturated heterocycles. The Morgan fingerprint density at radius 1 is 0.525 bits per heavy atom. The van der Waals surface area contributed by atoms with Crippen molar-refractivity contribution < 1.29 is 13.6 Å². The molecule has 5 aromatic carbocycles. The average Bonchev–Trinajstić information content (AvgIpc) is 2.98. The normalized spacial score (nSPS) is 12.8. The van der Waals surface area contributed by atoms with Gasteiger partial charge >= 0.3 is 7.60 Å². The Bertz CT molecular complexity index is 1550. The number of anilines is 2. The topological polar surface area (TPSA) is 112 Å². The van der Waals surface area contributed by atoms with Crippen LogP contribution in [-0.2, 0) is 4.57 Å². The standard InChI is InChI=1S/C32H27N4O3P/c33-26-10-14-28(15-11-26)35-22-24-6-18-30(19-7-24)38-40(37,32-4-2-1-3-5-32)39-31-20-8-25(9-21-31)23-36-29-16-12-27(34)13-17-29/h1-23H,33-34H2. The van der Waals surface area contributed by atoms with E-state index in [-0.39, 0.29) is 0 Å². The molecule has 0 heterocycles. The van der Waals surface area contributed by atoms with Gasteiger partial charge in [-0.25, -0.2) is 4.57 Å². The summed E-state index contributed by atoms with van der Waals surface area (Å²) in [5, 5.41) is 0.443. The van der Waals surface area contributed by atoms with Crippen LogP contribution in [0, 0.1) is 0 Å². The summed E-state index contributed by atoms with van der Waals surface area (Å²) in [5.41, 5.74) is 16.1. The minimum absolute atomic E-state index is 0.407. The van der Waals surface area contributed by atoms with Crippen LogP contribution in [0.4, 0.5) is 22.7 Å². The maximum absolute atomic E-state index is 14.1. The van der Waals surface area contributed by atoms with E-state index in [0.29, 0.717) is 28.2 Å². The van der Waals surface area contributed by atoms with Gasteiger partial charge in [0, 0.05) is 23.8 Å². The van der Waals surface area contributed by atoms with Crippen LogP contribution in [0.15, 0.2) is 137 Å². The predicted molar refractivity (Wildman–Crippen MR) is 164 cm³/mol. The maximum Gasteiger partial charge on any atom is 0.462 e. The summed E-state index contributed by atoms with van der Waals surface area (Å²) < 4.78 is 26.1. The molecule has 0 aromatic heterocycles. The van der Waals surface area contributed by atoms with E-state index >= 15 is 0 Å². The van der Waals surface area contributed by atoms with Gasteiger partial charge in [-0.15, -0.1) is 0 Å². The van der Waals surface area contributed by atoms with Crippen LogP contribution in [0.2, 0.25) is 0 Å². The molecule has 0 atom stereocenters. The van der Waals surface area contributed by atoms with Crippen LogP contribution < -0.4 is 25.8 Å². The van der Waals surface area contributed by atoms with E-state index in [1.54, 1.807) is 85.2 Å². The summed E-state index contributed by atoms with van der Waals surface area (Å²) >= 11 is 0. The molecule has 0 fully saturated rings. The number of aliphatic imine (C=N–C) groups is 2. The number of nitrogens with two attached hydrogens (primary N) is 2. The van der Waals surface area contributed by atoms with E-state index in [9.17, 15) is 4.57 Å². The first kappa shape index (κ1) is 26.5. The van der Waals surface area contributed by atoms with Crippen molar-refractivity contribution in [1.82, 2.24) is 0 Å². The van der Waals surface area contributed by atoms with Crippen molar-refractivity contribution in [2.75, 3.05) is 11.5 Å². The summed E-state index contributed by atoms with van der Waals surface area (Å²) in [7, 11) is -3.77.